The number of benzene rings is 1. The van der Waals surface area contributed by atoms with E-state index < -0.39 is 0 Å². The van der Waals surface area contributed by atoms with Crippen molar-refractivity contribution in [2.24, 2.45) is 0 Å². The van der Waals surface area contributed by atoms with Crippen molar-refractivity contribution in [3.05, 3.63) is 57.3 Å². The van der Waals surface area contributed by atoms with Crippen molar-refractivity contribution < 1.29 is 4.79 Å². The standard InChI is InChI=1S/C15H14BrClN2O/c1-2-5-10-6-3-4-7-13(10)19-15(20)12-8-11(16)9-18-14(12)17/h3-4,6-9H,2,5H2,1H3,(H,19,20). The van der Waals surface area contributed by atoms with E-state index in [1.165, 1.54) is 0 Å². The molecule has 0 unspecified atom stereocenters. The van der Waals surface area contributed by atoms with Gasteiger partial charge in [-0.1, -0.05) is 43.1 Å². The Labute approximate surface area is 131 Å². The maximum absolute atomic E-state index is 12.3. The van der Waals surface area contributed by atoms with E-state index in [1.54, 1.807) is 12.3 Å². The SMILES string of the molecule is CCCc1ccccc1NC(=O)c1cc(Br)cnc1Cl. The maximum Gasteiger partial charge on any atom is 0.258 e. The van der Waals surface area contributed by atoms with Crippen molar-refractivity contribution >= 4 is 39.1 Å². The van der Waals surface area contributed by atoms with Gasteiger partial charge in [0.1, 0.15) is 5.15 Å². The van der Waals surface area contributed by atoms with Crippen molar-refractivity contribution in [1.82, 2.24) is 4.98 Å². The molecule has 0 radical (unpaired) electrons. The Morgan fingerprint density at radius 1 is 1.40 bits per heavy atom. The van der Waals surface area contributed by atoms with Gasteiger partial charge in [0.15, 0.2) is 0 Å². The first-order valence-corrected chi connectivity index (χ1v) is 7.49. The minimum Gasteiger partial charge on any atom is -0.322 e. The third kappa shape index (κ3) is 3.58. The molecule has 0 aliphatic carbocycles. The number of rotatable bonds is 4. The molecule has 104 valence electrons. The van der Waals surface area contributed by atoms with Gasteiger partial charge >= 0.3 is 0 Å². The summed E-state index contributed by atoms with van der Waals surface area (Å²) in [5, 5.41) is 3.09. The van der Waals surface area contributed by atoms with Gasteiger partial charge in [0.05, 0.1) is 5.56 Å². The molecule has 1 aromatic carbocycles. The van der Waals surface area contributed by atoms with Crippen molar-refractivity contribution in [3.8, 4) is 0 Å². The van der Waals surface area contributed by atoms with Crippen LogP contribution in [-0.4, -0.2) is 10.9 Å². The van der Waals surface area contributed by atoms with Crippen LogP contribution in [0, 0.1) is 0 Å². The summed E-state index contributed by atoms with van der Waals surface area (Å²) in [5.41, 5.74) is 2.28. The Bertz CT molecular complexity index is 631. The molecule has 2 rings (SSSR count). The molecular weight excluding hydrogens is 340 g/mol. The molecule has 5 heteroatoms. The Hall–Kier alpha value is -1.39. The summed E-state index contributed by atoms with van der Waals surface area (Å²) in [6.07, 6.45) is 3.50. The molecule has 0 atom stereocenters. The van der Waals surface area contributed by atoms with Gasteiger partial charge in [0.2, 0.25) is 0 Å². The first kappa shape index (κ1) is 15.0. The maximum atomic E-state index is 12.3. The molecule has 0 aliphatic heterocycles. The Kier molecular flexibility index (Phi) is 5.15. The van der Waals surface area contributed by atoms with Gasteiger partial charge in [-0.2, -0.15) is 0 Å². The highest BCUT2D eigenvalue weighted by Crippen LogP contribution is 2.22. The van der Waals surface area contributed by atoms with Crippen LogP contribution >= 0.6 is 27.5 Å². The van der Waals surface area contributed by atoms with Gasteiger partial charge in [-0.3, -0.25) is 4.79 Å². The fourth-order valence-electron chi connectivity index (χ4n) is 1.90. The zero-order chi connectivity index (χ0) is 14.5. The highest BCUT2D eigenvalue weighted by molar-refractivity contribution is 9.10. The number of anilines is 1. The lowest BCUT2D eigenvalue weighted by Crippen LogP contribution is -2.14. The zero-order valence-corrected chi connectivity index (χ0v) is 13.3. The summed E-state index contributed by atoms with van der Waals surface area (Å²) in [4.78, 5) is 16.2. The molecule has 2 aromatic rings. The molecule has 1 N–H and O–H groups in total. The van der Waals surface area contributed by atoms with Gasteiger partial charge in [-0.05, 0) is 40.0 Å². The molecule has 0 saturated heterocycles. The third-order valence-corrected chi connectivity index (χ3v) is 3.57. The van der Waals surface area contributed by atoms with Gasteiger partial charge in [-0.15, -0.1) is 0 Å². The van der Waals surface area contributed by atoms with Crippen molar-refractivity contribution in [2.45, 2.75) is 19.8 Å². The van der Waals surface area contributed by atoms with Gasteiger partial charge in [-0.25, -0.2) is 4.98 Å². The van der Waals surface area contributed by atoms with E-state index in [2.05, 4.69) is 33.2 Å². The summed E-state index contributed by atoms with van der Waals surface area (Å²) >= 11 is 9.25. The van der Waals surface area contributed by atoms with Crippen molar-refractivity contribution in [2.75, 3.05) is 5.32 Å². The Balaban J connectivity index is 2.26. The van der Waals surface area contributed by atoms with E-state index >= 15 is 0 Å². The second-order valence-corrected chi connectivity index (χ2v) is 5.63. The second-order valence-electron chi connectivity index (χ2n) is 4.35. The molecule has 1 heterocycles. The summed E-state index contributed by atoms with van der Waals surface area (Å²) in [6, 6.07) is 9.43. The fourth-order valence-corrected chi connectivity index (χ4v) is 2.42. The molecule has 0 spiro atoms. The monoisotopic (exact) mass is 352 g/mol. The minimum absolute atomic E-state index is 0.193. The van der Waals surface area contributed by atoms with Gasteiger partial charge in [0, 0.05) is 16.4 Å². The second kappa shape index (κ2) is 6.86. The Morgan fingerprint density at radius 2 is 2.15 bits per heavy atom. The van der Waals surface area contributed by atoms with Gasteiger partial charge in [0.25, 0.3) is 5.91 Å². The predicted octanol–water partition coefficient (Wildman–Crippen LogP) is 4.70. The zero-order valence-electron chi connectivity index (χ0n) is 11.0. The number of nitrogens with one attached hydrogen (secondary N) is 1. The highest BCUT2D eigenvalue weighted by atomic mass is 79.9. The number of amides is 1. The summed E-state index contributed by atoms with van der Waals surface area (Å²) in [6.45, 7) is 2.10. The predicted molar refractivity (Wildman–Crippen MR) is 85.3 cm³/mol. The van der Waals surface area contributed by atoms with Crippen LogP contribution in [0.25, 0.3) is 0 Å². The van der Waals surface area contributed by atoms with Crippen LogP contribution < -0.4 is 5.32 Å². The number of hydrogen-bond acceptors (Lipinski definition) is 2. The molecular formula is C15H14BrClN2O. The smallest absolute Gasteiger partial charge is 0.258 e. The first-order valence-electron chi connectivity index (χ1n) is 6.32. The fraction of sp³-hybridized carbons (Fsp3) is 0.200. The number of pyridine rings is 1. The number of para-hydroxylation sites is 1. The quantitative estimate of drug-likeness (QED) is 0.809. The highest BCUT2D eigenvalue weighted by Gasteiger charge is 2.13. The number of aryl methyl sites for hydroxylation is 1. The van der Waals surface area contributed by atoms with Crippen molar-refractivity contribution in [1.29, 1.82) is 0 Å². The number of nitrogens with zero attached hydrogens (tertiary/aromatic N) is 1. The average molecular weight is 354 g/mol. The van der Waals surface area contributed by atoms with Crippen LogP contribution in [0.5, 0.6) is 0 Å². The lowest BCUT2D eigenvalue weighted by molar-refractivity contribution is 0.102. The third-order valence-electron chi connectivity index (χ3n) is 2.84. The molecule has 0 fully saturated rings. The van der Waals surface area contributed by atoms with Crippen LogP contribution in [0.2, 0.25) is 5.15 Å². The van der Waals surface area contributed by atoms with Crippen LogP contribution in [0.4, 0.5) is 5.69 Å². The number of carbonyl (C=O) groups excluding carboxylic acids is 1. The van der Waals surface area contributed by atoms with Crippen LogP contribution in [-0.2, 0) is 6.42 Å². The summed E-state index contributed by atoms with van der Waals surface area (Å²) in [5.74, 6) is -0.257. The van der Waals surface area contributed by atoms with Gasteiger partial charge < -0.3 is 5.32 Å². The van der Waals surface area contributed by atoms with Crippen LogP contribution in [0.1, 0.15) is 29.3 Å². The molecule has 1 amide bonds. The molecule has 1 aromatic heterocycles. The number of carbonyl (C=O) groups is 1. The topological polar surface area (TPSA) is 42.0 Å². The average Bonchev–Trinajstić information content (AvgIpc) is 2.44. The molecule has 20 heavy (non-hydrogen) atoms. The van der Waals surface area contributed by atoms with E-state index in [0.29, 0.717) is 10.0 Å². The number of hydrogen-bond donors (Lipinski definition) is 1. The van der Waals surface area contributed by atoms with E-state index in [0.717, 1.165) is 24.1 Å². The summed E-state index contributed by atoms with van der Waals surface area (Å²) in [7, 11) is 0. The summed E-state index contributed by atoms with van der Waals surface area (Å²) < 4.78 is 0.717. The molecule has 3 nitrogen and oxygen atoms in total. The van der Waals surface area contributed by atoms with E-state index in [1.807, 2.05) is 24.3 Å². The van der Waals surface area contributed by atoms with Crippen molar-refractivity contribution in [3.63, 3.8) is 0 Å². The number of aromatic nitrogens is 1. The normalized spacial score (nSPS) is 10.3. The Morgan fingerprint density at radius 3 is 2.90 bits per heavy atom. The molecule has 0 bridgehead atoms. The minimum atomic E-state index is -0.257. The molecule has 0 saturated carbocycles. The lowest BCUT2D eigenvalue weighted by atomic mass is 10.1. The van der Waals surface area contributed by atoms with Crippen LogP contribution in [0.15, 0.2) is 41.0 Å². The first-order chi connectivity index (χ1) is 9.61. The molecule has 0 aliphatic rings. The van der Waals surface area contributed by atoms with E-state index in [9.17, 15) is 4.79 Å². The number of halogens is 2. The van der Waals surface area contributed by atoms with Crippen LogP contribution in [0.3, 0.4) is 0 Å². The van der Waals surface area contributed by atoms with E-state index in [4.69, 9.17) is 11.6 Å². The largest absolute Gasteiger partial charge is 0.322 e. The lowest BCUT2D eigenvalue weighted by Gasteiger charge is -2.11. The van der Waals surface area contributed by atoms with E-state index in [-0.39, 0.29) is 11.1 Å².